The number of rotatable bonds is 8. The molecule has 0 radical (unpaired) electrons. The Kier molecular flexibility index (Phi) is 8.84. The molecule has 0 N–H and O–H groups in total. The summed E-state index contributed by atoms with van der Waals surface area (Å²) in [7, 11) is -4.78. The molecule has 0 saturated carbocycles. The lowest BCUT2D eigenvalue weighted by atomic mass is 10.0. The number of piperazine rings is 1. The maximum absolute atomic E-state index is 13.6. The fourth-order valence-electron chi connectivity index (χ4n) is 6.44. The Bertz CT molecular complexity index is 1100. The second-order valence-electron chi connectivity index (χ2n) is 11.1. The van der Waals surface area contributed by atoms with E-state index in [0.717, 1.165) is 68.6 Å². The molecular formula is C26H44N4O4S2. The van der Waals surface area contributed by atoms with Crippen molar-refractivity contribution in [2.45, 2.75) is 76.3 Å². The van der Waals surface area contributed by atoms with Gasteiger partial charge in [0, 0.05) is 44.8 Å². The van der Waals surface area contributed by atoms with Gasteiger partial charge >= 0.3 is 0 Å². The van der Waals surface area contributed by atoms with Crippen molar-refractivity contribution in [3.8, 4) is 0 Å². The van der Waals surface area contributed by atoms with E-state index >= 15 is 0 Å². The SMILES string of the molecule is Cc1cc(C)c(S(=O)(=O)N2CCC[C@H]2CCCS(=O)(=O)N2CCN(C3CCN(C)CC3)CC2)c(C)c1. The van der Waals surface area contributed by atoms with Crippen LogP contribution < -0.4 is 0 Å². The molecule has 0 aromatic heterocycles. The van der Waals surface area contributed by atoms with Gasteiger partial charge in [0.25, 0.3) is 0 Å². The van der Waals surface area contributed by atoms with E-state index in [1.807, 2.05) is 32.9 Å². The van der Waals surface area contributed by atoms with E-state index in [4.69, 9.17) is 0 Å². The summed E-state index contributed by atoms with van der Waals surface area (Å²) in [5, 5.41) is 0. The third-order valence-electron chi connectivity index (χ3n) is 8.31. The highest BCUT2D eigenvalue weighted by atomic mass is 32.2. The minimum Gasteiger partial charge on any atom is -0.306 e. The first kappa shape index (κ1) is 28.0. The van der Waals surface area contributed by atoms with Crippen LogP contribution in [0.3, 0.4) is 0 Å². The van der Waals surface area contributed by atoms with Crippen LogP contribution in [0.4, 0.5) is 0 Å². The third-order valence-corrected chi connectivity index (χ3v) is 12.5. The number of sulfonamides is 2. The number of hydrogen-bond donors (Lipinski definition) is 0. The van der Waals surface area contributed by atoms with E-state index in [1.165, 1.54) is 0 Å². The smallest absolute Gasteiger partial charge is 0.243 e. The van der Waals surface area contributed by atoms with Crippen LogP contribution in [-0.4, -0.2) is 106 Å². The van der Waals surface area contributed by atoms with Crippen LogP contribution in [-0.2, 0) is 20.0 Å². The number of piperidine rings is 1. The van der Waals surface area contributed by atoms with Crippen molar-refractivity contribution in [2.75, 3.05) is 58.6 Å². The van der Waals surface area contributed by atoms with Gasteiger partial charge in [-0.15, -0.1) is 0 Å². The first-order valence-corrected chi connectivity index (χ1v) is 16.5. The minimum atomic E-state index is -3.61. The summed E-state index contributed by atoms with van der Waals surface area (Å²) in [6.07, 6.45) is 4.99. The molecule has 8 nitrogen and oxygen atoms in total. The first-order chi connectivity index (χ1) is 17.0. The fraction of sp³-hybridized carbons (Fsp3) is 0.769. The van der Waals surface area contributed by atoms with Gasteiger partial charge in [-0.1, -0.05) is 17.7 Å². The third kappa shape index (κ3) is 6.15. The van der Waals surface area contributed by atoms with Crippen molar-refractivity contribution in [1.82, 2.24) is 18.4 Å². The predicted octanol–water partition coefficient (Wildman–Crippen LogP) is 2.59. The lowest BCUT2D eigenvalue weighted by Gasteiger charge is -2.41. The van der Waals surface area contributed by atoms with Gasteiger partial charge in [-0.05, 0) is 90.6 Å². The average molecular weight is 541 g/mol. The molecule has 0 amide bonds. The van der Waals surface area contributed by atoms with Crippen LogP contribution >= 0.6 is 0 Å². The van der Waals surface area contributed by atoms with Gasteiger partial charge < -0.3 is 4.90 Å². The van der Waals surface area contributed by atoms with E-state index in [1.54, 1.807) is 8.61 Å². The van der Waals surface area contributed by atoms with Gasteiger partial charge in [0.2, 0.25) is 20.0 Å². The van der Waals surface area contributed by atoms with Crippen molar-refractivity contribution in [3.63, 3.8) is 0 Å². The van der Waals surface area contributed by atoms with Crippen molar-refractivity contribution in [2.24, 2.45) is 0 Å². The monoisotopic (exact) mass is 540 g/mol. The molecule has 36 heavy (non-hydrogen) atoms. The zero-order valence-corrected chi connectivity index (χ0v) is 24.1. The van der Waals surface area contributed by atoms with Gasteiger partial charge in [0.05, 0.1) is 10.6 Å². The predicted molar refractivity (Wildman–Crippen MR) is 144 cm³/mol. The molecule has 3 saturated heterocycles. The van der Waals surface area contributed by atoms with E-state index in [-0.39, 0.29) is 11.8 Å². The molecule has 0 aliphatic carbocycles. The number of likely N-dealkylation sites (tertiary alicyclic amines) is 1. The highest BCUT2D eigenvalue weighted by molar-refractivity contribution is 7.89. The van der Waals surface area contributed by atoms with E-state index in [2.05, 4.69) is 16.8 Å². The quantitative estimate of drug-likeness (QED) is 0.504. The Balaban J connectivity index is 1.31. The van der Waals surface area contributed by atoms with Crippen LogP contribution in [0.5, 0.6) is 0 Å². The Morgan fingerprint density at radius 2 is 1.44 bits per heavy atom. The highest BCUT2D eigenvalue weighted by Gasteiger charge is 2.37. The molecule has 3 aliphatic heterocycles. The molecule has 10 heteroatoms. The first-order valence-electron chi connectivity index (χ1n) is 13.5. The van der Waals surface area contributed by atoms with E-state index in [9.17, 15) is 16.8 Å². The Labute approximate surface area is 218 Å². The average Bonchev–Trinajstić information content (AvgIpc) is 3.28. The van der Waals surface area contributed by atoms with Crippen molar-refractivity contribution in [3.05, 3.63) is 28.8 Å². The highest BCUT2D eigenvalue weighted by Crippen LogP contribution is 2.32. The molecule has 4 rings (SSSR count). The Morgan fingerprint density at radius 3 is 2.06 bits per heavy atom. The second-order valence-corrected chi connectivity index (χ2v) is 15.0. The second kappa shape index (κ2) is 11.4. The lowest BCUT2D eigenvalue weighted by molar-refractivity contribution is 0.0892. The Hall–Kier alpha value is -1.04. The normalized spacial score (nSPS) is 24.5. The summed E-state index contributed by atoms with van der Waals surface area (Å²) in [5.74, 6) is 0.0915. The van der Waals surface area contributed by atoms with Gasteiger partial charge in [-0.2, -0.15) is 8.61 Å². The summed E-state index contributed by atoms with van der Waals surface area (Å²) >= 11 is 0. The summed E-state index contributed by atoms with van der Waals surface area (Å²) in [4.78, 5) is 5.24. The molecule has 3 heterocycles. The van der Waals surface area contributed by atoms with Gasteiger partial charge in [0.15, 0.2) is 0 Å². The number of benzene rings is 1. The molecular weight excluding hydrogens is 496 g/mol. The van der Waals surface area contributed by atoms with Crippen molar-refractivity contribution in [1.29, 1.82) is 0 Å². The molecule has 1 aromatic carbocycles. The van der Waals surface area contributed by atoms with Crippen LogP contribution in [0, 0.1) is 20.8 Å². The fourth-order valence-corrected chi connectivity index (χ4v) is 10.1. The summed E-state index contributed by atoms with van der Waals surface area (Å²) in [6.45, 7) is 11.1. The molecule has 204 valence electrons. The van der Waals surface area contributed by atoms with Crippen LogP contribution in [0.1, 0.15) is 55.2 Å². The van der Waals surface area contributed by atoms with Gasteiger partial charge in [0.1, 0.15) is 0 Å². The van der Waals surface area contributed by atoms with Crippen molar-refractivity contribution < 1.29 is 16.8 Å². The maximum Gasteiger partial charge on any atom is 0.243 e. The Morgan fingerprint density at radius 1 is 0.833 bits per heavy atom. The van der Waals surface area contributed by atoms with Gasteiger partial charge in [-0.3, -0.25) is 4.90 Å². The largest absolute Gasteiger partial charge is 0.306 e. The molecule has 1 aromatic rings. The summed E-state index contributed by atoms with van der Waals surface area (Å²) in [5.41, 5.74) is 2.61. The molecule has 0 spiro atoms. The number of hydrogen-bond acceptors (Lipinski definition) is 6. The van der Waals surface area contributed by atoms with E-state index < -0.39 is 20.0 Å². The van der Waals surface area contributed by atoms with Crippen molar-refractivity contribution >= 4 is 20.0 Å². The van der Waals surface area contributed by atoms with Crippen LogP contribution in [0.25, 0.3) is 0 Å². The summed E-state index contributed by atoms with van der Waals surface area (Å²) in [6, 6.07) is 4.28. The van der Waals surface area contributed by atoms with Crippen LogP contribution in [0.15, 0.2) is 17.0 Å². The molecule has 0 bridgehead atoms. The lowest BCUT2D eigenvalue weighted by Crippen LogP contribution is -2.54. The number of aryl methyl sites for hydroxylation is 3. The summed E-state index contributed by atoms with van der Waals surface area (Å²) < 4.78 is 56.6. The minimum absolute atomic E-state index is 0.0915. The molecule has 0 unspecified atom stereocenters. The molecule has 1 atom stereocenters. The topological polar surface area (TPSA) is 81.2 Å². The molecule has 3 aliphatic rings. The number of nitrogens with zero attached hydrogens (tertiary/aromatic N) is 4. The maximum atomic E-state index is 13.6. The van der Waals surface area contributed by atoms with Crippen LogP contribution in [0.2, 0.25) is 0 Å². The van der Waals surface area contributed by atoms with Gasteiger partial charge in [-0.25, -0.2) is 16.8 Å². The standard InChI is InChI=1S/C26H44N4O4S2/c1-21-19-22(2)26(23(3)20-21)36(33,34)30-11-5-7-25(30)8-6-18-35(31,32)29-16-14-28(15-17-29)24-9-12-27(4)13-10-24/h19-20,24-25H,5-18H2,1-4H3/t25-/m0/s1. The zero-order valence-electron chi connectivity index (χ0n) is 22.4. The van der Waals surface area contributed by atoms with E-state index in [0.29, 0.717) is 43.4 Å². The zero-order chi connectivity index (χ0) is 26.1. The molecule has 3 fully saturated rings.